The number of rotatable bonds is 2. The Morgan fingerprint density at radius 2 is 1.75 bits per heavy atom. The molecule has 1 aliphatic heterocycles. The van der Waals surface area contributed by atoms with Crippen LogP contribution in [0.15, 0.2) is 0 Å². The number of hydrogen-bond acceptors (Lipinski definition) is 1. The van der Waals surface area contributed by atoms with Crippen LogP contribution in [0.4, 0.5) is 8.78 Å². The first kappa shape index (κ1) is 11.8. The van der Waals surface area contributed by atoms with Crippen LogP contribution in [0, 0.1) is 5.92 Å². The van der Waals surface area contributed by atoms with Gasteiger partial charge in [0.05, 0.1) is 0 Å². The van der Waals surface area contributed by atoms with E-state index >= 15 is 0 Å². The Balaban J connectivity index is 1.99. The fourth-order valence-electron chi connectivity index (χ4n) is 3.20. The quantitative estimate of drug-likeness (QED) is 0.715. The van der Waals surface area contributed by atoms with E-state index in [0.717, 1.165) is 25.7 Å². The van der Waals surface area contributed by atoms with Crippen molar-refractivity contribution in [3.8, 4) is 0 Å². The maximum Gasteiger partial charge on any atom is 0.315 e. The first-order valence-electron chi connectivity index (χ1n) is 6.29. The zero-order chi connectivity index (χ0) is 11.5. The van der Waals surface area contributed by atoms with Crippen LogP contribution >= 0.6 is 0 Å². The average molecular weight is 231 g/mol. The number of likely N-dealkylation sites (tertiary alicyclic amines) is 1. The van der Waals surface area contributed by atoms with Crippen molar-refractivity contribution in [3.63, 3.8) is 0 Å². The molecule has 2 fully saturated rings. The largest absolute Gasteiger partial charge is 0.334 e. The predicted molar refractivity (Wildman–Crippen MR) is 57.3 cm³/mol. The summed E-state index contributed by atoms with van der Waals surface area (Å²) in [7, 11) is 0. The van der Waals surface area contributed by atoms with E-state index in [1.807, 2.05) is 0 Å². The summed E-state index contributed by atoms with van der Waals surface area (Å²) >= 11 is 0. The van der Waals surface area contributed by atoms with Gasteiger partial charge in [0, 0.05) is 12.6 Å². The second kappa shape index (κ2) is 5.11. The molecule has 0 radical (unpaired) electrons. The Labute approximate surface area is 95.0 Å². The molecule has 2 rings (SSSR count). The van der Waals surface area contributed by atoms with Crippen LogP contribution in [0.5, 0.6) is 0 Å². The maximum absolute atomic E-state index is 12.4. The van der Waals surface area contributed by atoms with Gasteiger partial charge in [-0.05, 0) is 31.6 Å². The number of carbonyl (C=O) groups excluding carboxylic acids is 1. The highest BCUT2D eigenvalue weighted by Crippen LogP contribution is 2.34. The minimum atomic E-state index is -2.83. The van der Waals surface area contributed by atoms with Crippen molar-refractivity contribution >= 4 is 5.91 Å². The van der Waals surface area contributed by atoms with Gasteiger partial charge in [0.1, 0.15) is 0 Å². The molecular formula is C12H19F2NO. The summed E-state index contributed by atoms with van der Waals surface area (Å²) in [4.78, 5) is 12.8. The normalized spacial score (nSPS) is 27.7. The van der Waals surface area contributed by atoms with Gasteiger partial charge in [0.25, 0.3) is 5.91 Å². The van der Waals surface area contributed by atoms with Crippen molar-refractivity contribution in [2.24, 2.45) is 5.92 Å². The lowest BCUT2D eigenvalue weighted by atomic mass is 9.83. The molecule has 0 aromatic carbocycles. The van der Waals surface area contributed by atoms with E-state index in [9.17, 15) is 13.6 Å². The molecule has 2 aliphatic rings. The average Bonchev–Trinajstić information content (AvgIpc) is 2.77. The molecule has 92 valence electrons. The summed E-state index contributed by atoms with van der Waals surface area (Å²) in [6, 6.07) is 0.0989. The third-order valence-corrected chi connectivity index (χ3v) is 3.96. The van der Waals surface area contributed by atoms with Crippen LogP contribution in [-0.2, 0) is 4.79 Å². The second-order valence-corrected chi connectivity index (χ2v) is 4.94. The molecule has 0 aromatic rings. The molecule has 1 saturated heterocycles. The molecule has 1 heterocycles. The summed E-state index contributed by atoms with van der Waals surface area (Å²) in [6.45, 7) is 0.532. The van der Waals surface area contributed by atoms with Gasteiger partial charge in [-0.15, -0.1) is 0 Å². The zero-order valence-corrected chi connectivity index (χ0v) is 9.50. The SMILES string of the molecule is O=C(C(F)F)N1CCCC1C1CCCCC1. The molecule has 1 unspecified atom stereocenters. The zero-order valence-electron chi connectivity index (χ0n) is 9.50. The van der Waals surface area contributed by atoms with Gasteiger partial charge in [0.15, 0.2) is 0 Å². The molecule has 2 nitrogen and oxygen atoms in total. The van der Waals surface area contributed by atoms with Gasteiger partial charge in [0.2, 0.25) is 0 Å². The van der Waals surface area contributed by atoms with Gasteiger partial charge in [-0.25, -0.2) is 0 Å². The van der Waals surface area contributed by atoms with E-state index in [1.54, 1.807) is 0 Å². The molecule has 16 heavy (non-hydrogen) atoms. The molecular weight excluding hydrogens is 212 g/mol. The minimum Gasteiger partial charge on any atom is -0.334 e. The summed E-state index contributed by atoms with van der Waals surface area (Å²) in [5, 5.41) is 0. The predicted octanol–water partition coefficient (Wildman–Crippen LogP) is 2.82. The molecule has 1 atom stereocenters. The number of hydrogen-bond donors (Lipinski definition) is 0. The lowest BCUT2D eigenvalue weighted by Gasteiger charge is -2.33. The molecule has 1 saturated carbocycles. The lowest BCUT2D eigenvalue weighted by molar-refractivity contribution is -0.144. The Kier molecular flexibility index (Phi) is 3.77. The van der Waals surface area contributed by atoms with Crippen LogP contribution in [0.1, 0.15) is 44.9 Å². The van der Waals surface area contributed by atoms with E-state index in [1.165, 1.54) is 24.2 Å². The van der Waals surface area contributed by atoms with E-state index in [4.69, 9.17) is 0 Å². The van der Waals surface area contributed by atoms with Gasteiger partial charge in [-0.1, -0.05) is 19.3 Å². The number of carbonyl (C=O) groups is 1. The third kappa shape index (κ3) is 2.36. The number of nitrogens with zero attached hydrogens (tertiary/aromatic N) is 1. The van der Waals surface area contributed by atoms with E-state index in [2.05, 4.69) is 0 Å². The highest BCUT2D eigenvalue weighted by molar-refractivity contribution is 5.79. The Hall–Kier alpha value is -0.670. The van der Waals surface area contributed by atoms with Crippen molar-refractivity contribution < 1.29 is 13.6 Å². The van der Waals surface area contributed by atoms with Gasteiger partial charge < -0.3 is 4.90 Å². The highest BCUT2D eigenvalue weighted by atomic mass is 19.3. The van der Waals surface area contributed by atoms with Gasteiger partial charge in [-0.2, -0.15) is 8.78 Å². The second-order valence-electron chi connectivity index (χ2n) is 4.94. The van der Waals surface area contributed by atoms with Crippen LogP contribution in [0.2, 0.25) is 0 Å². The molecule has 0 bridgehead atoms. The fourth-order valence-corrected chi connectivity index (χ4v) is 3.20. The van der Waals surface area contributed by atoms with Gasteiger partial charge >= 0.3 is 6.43 Å². The summed E-state index contributed by atoms with van der Waals surface area (Å²) in [5.74, 6) is -0.480. The van der Waals surface area contributed by atoms with Crippen molar-refractivity contribution in [3.05, 3.63) is 0 Å². The van der Waals surface area contributed by atoms with Crippen LogP contribution < -0.4 is 0 Å². The number of alkyl halides is 2. The Morgan fingerprint density at radius 1 is 1.06 bits per heavy atom. The van der Waals surface area contributed by atoms with Gasteiger partial charge in [-0.3, -0.25) is 4.79 Å². The van der Waals surface area contributed by atoms with Crippen molar-refractivity contribution in [1.29, 1.82) is 0 Å². The monoisotopic (exact) mass is 231 g/mol. The number of halogens is 2. The Morgan fingerprint density at radius 3 is 2.38 bits per heavy atom. The van der Waals surface area contributed by atoms with Crippen molar-refractivity contribution in [2.75, 3.05) is 6.54 Å². The van der Waals surface area contributed by atoms with E-state index < -0.39 is 12.3 Å². The lowest BCUT2D eigenvalue weighted by Crippen LogP contribution is -2.43. The standard InChI is InChI=1S/C12H19F2NO/c13-11(14)12(16)15-8-4-7-10(15)9-5-2-1-3-6-9/h9-11H,1-8H2. The summed E-state index contributed by atoms with van der Waals surface area (Å²) in [5.41, 5.74) is 0. The molecule has 0 spiro atoms. The third-order valence-electron chi connectivity index (χ3n) is 3.96. The smallest absolute Gasteiger partial charge is 0.315 e. The summed E-state index contributed by atoms with van der Waals surface area (Å²) in [6.07, 6.45) is 4.84. The van der Waals surface area contributed by atoms with Crippen LogP contribution in [0.25, 0.3) is 0 Å². The molecule has 1 aliphatic carbocycles. The molecule has 0 aromatic heterocycles. The highest BCUT2D eigenvalue weighted by Gasteiger charge is 2.37. The topological polar surface area (TPSA) is 20.3 Å². The van der Waals surface area contributed by atoms with Crippen molar-refractivity contribution in [2.45, 2.75) is 57.4 Å². The first-order chi connectivity index (χ1) is 7.70. The Bertz CT molecular complexity index is 251. The molecule has 1 amide bonds. The summed E-state index contributed by atoms with van der Waals surface area (Å²) < 4.78 is 24.9. The van der Waals surface area contributed by atoms with Crippen molar-refractivity contribution in [1.82, 2.24) is 4.90 Å². The fraction of sp³-hybridized carbons (Fsp3) is 0.917. The first-order valence-corrected chi connectivity index (χ1v) is 6.29. The van der Waals surface area contributed by atoms with E-state index in [-0.39, 0.29) is 6.04 Å². The van der Waals surface area contributed by atoms with Crippen LogP contribution in [-0.4, -0.2) is 29.8 Å². The minimum absolute atomic E-state index is 0.0989. The van der Waals surface area contributed by atoms with E-state index in [0.29, 0.717) is 12.5 Å². The molecule has 0 N–H and O–H groups in total. The molecule has 4 heteroatoms. The number of amides is 1. The van der Waals surface area contributed by atoms with Crippen LogP contribution in [0.3, 0.4) is 0 Å². The maximum atomic E-state index is 12.4.